The summed E-state index contributed by atoms with van der Waals surface area (Å²) in [6.07, 6.45) is 5.27. The minimum Gasteiger partial charge on any atom is -0.351 e. The summed E-state index contributed by atoms with van der Waals surface area (Å²) in [6, 6.07) is 6.11. The van der Waals surface area contributed by atoms with Crippen LogP contribution in [0.15, 0.2) is 42.7 Å². The fraction of sp³-hybridized carbons (Fsp3) is 0. The van der Waals surface area contributed by atoms with Crippen molar-refractivity contribution in [1.29, 1.82) is 0 Å². The predicted octanol–water partition coefficient (Wildman–Crippen LogP) is 2.50. The Morgan fingerprint density at radius 1 is 1.33 bits per heavy atom. The minimum absolute atomic E-state index is 0.725. The van der Waals surface area contributed by atoms with Crippen LogP contribution < -0.4 is 5.32 Å². The molecule has 3 aromatic heterocycles. The molecule has 5 heteroatoms. The van der Waals surface area contributed by atoms with E-state index in [9.17, 15) is 0 Å². The third kappa shape index (κ3) is 1.49. The van der Waals surface area contributed by atoms with Gasteiger partial charge in [0.15, 0.2) is 0 Å². The summed E-state index contributed by atoms with van der Waals surface area (Å²) in [7, 11) is 0.725. The van der Waals surface area contributed by atoms with Gasteiger partial charge in [-0.1, -0.05) is 6.07 Å². The van der Waals surface area contributed by atoms with Crippen molar-refractivity contribution in [2.24, 2.45) is 0 Å². The molecule has 0 saturated carbocycles. The van der Waals surface area contributed by atoms with Crippen LogP contribution in [0.2, 0.25) is 0 Å². The number of hydrogen-bond donors (Lipinski definition) is 1. The molecule has 0 aliphatic rings. The molecule has 3 heterocycles. The fourth-order valence-corrected chi connectivity index (χ4v) is 2.27. The Labute approximate surface area is 88.1 Å². The zero-order chi connectivity index (χ0) is 10.1. The van der Waals surface area contributed by atoms with Gasteiger partial charge < -0.3 is 5.32 Å². The Kier molecular flexibility index (Phi) is 1.93. The van der Waals surface area contributed by atoms with Crippen molar-refractivity contribution in [3.63, 3.8) is 0 Å². The molecule has 0 aliphatic heterocycles. The van der Waals surface area contributed by atoms with Crippen molar-refractivity contribution in [2.75, 3.05) is 5.32 Å². The van der Waals surface area contributed by atoms with Crippen LogP contribution in [-0.2, 0) is 0 Å². The smallest absolute Gasteiger partial charge is 0.117 e. The van der Waals surface area contributed by atoms with Crippen molar-refractivity contribution >= 4 is 24.8 Å². The van der Waals surface area contributed by atoms with E-state index < -0.39 is 0 Å². The van der Waals surface area contributed by atoms with E-state index in [1.165, 1.54) is 5.42 Å². The van der Waals surface area contributed by atoms with Crippen LogP contribution >= 0.6 is 8.19 Å². The highest BCUT2D eigenvalue weighted by Crippen LogP contribution is 2.27. The molecule has 0 bridgehead atoms. The van der Waals surface area contributed by atoms with Gasteiger partial charge in [0.2, 0.25) is 0 Å². The van der Waals surface area contributed by atoms with Gasteiger partial charge in [-0.3, -0.25) is 0 Å². The van der Waals surface area contributed by atoms with Gasteiger partial charge in [0.25, 0.3) is 0 Å². The zero-order valence-electron chi connectivity index (χ0n) is 7.88. The van der Waals surface area contributed by atoms with Crippen LogP contribution in [0.1, 0.15) is 0 Å². The molecule has 0 radical (unpaired) electrons. The Balaban J connectivity index is 2.07. The van der Waals surface area contributed by atoms with Gasteiger partial charge in [-0.15, -0.1) is 8.19 Å². The molecule has 0 fully saturated rings. The van der Waals surface area contributed by atoms with Gasteiger partial charge >= 0.3 is 0 Å². The van der Waals surface area contributed by atoms with Crippen LogP contribution in [0.5, 0.6) is 0 Å². The second-order valence-electron chi connectivity index (χ2n) is 3.18. The van der Waals surface area contributed by atoms with E-state index >= 15 is 0 Å². The summed E-state index contributed by atoms with van der Waals surface area (Å²) in [5.41, 5.74) is 3.27. The Bertz CT molecular complexity index is 570. The lowest BCUT2D eigenvalue weighted by atomic mass is 10.4. The number of hydrogen-bond acceptors (Lipinski definition) is 3. The lowest BCUT2D eigenvalue weighted by Gasteiger charge is -2.04. The summed E-state index contributed by atoms with van der Waals surface area (Å²) in [5, 5.41) is 7.54. The van der Waals surface area contributed by atoms with Crippen LogP contribution in [0.25, 0.3) is 5.52 Å². The zero-order valence-corrected chi connectivity index (χ0v) is 8.88. The highest BCUT2D eigenvalue weighted by Gasteiger charge is 2.01. The van der Waals surface area contributed by atoms with Crippen molar-refractivity contribution in [3.05, 3.63) is 42.7 Å². The van der Waals surface area contributed by atoms with Gasteiger partial charge in [-0.25, -0.2) is 9.50 Å². The van der Waals surface area contributed by atoms with Crippen molar-refractivity contribution < 1.29 is 0 Å². The molecule has 15 heavy (non-hydrogen) atoms. The van der Waals surface area contributed by atoms with Gasteiger partial charge in [0.05, 0.1) is 23.5 Å². The highest BCUT2D eigenvalue weighted by atomic mass is 31.0. The SMILES string of the molecule is c1c[pH]c(Nc2ccnn3cncc23)c1. The molecule has 3 rings (SSSR count). The topological polar surface area (TPSA) is 42.2 Å². The molecule has 3 aromatic rings. The first kappa shape index (κ1) is 8.50. The number of anilines is 2. The summed E-state index contributed by atoms with van der Waals surface area (Å²) < 4.78 is 1.76. The average Bonchev–Trinajstić information content (AvgIpc) is 2.87. The van der Waals surface area contributed by atoms with Crippen LogP contribution in [0.3, 0.4) is 0 Å². The largest absolute Gasteiger partial charge is 0.351 e. The maximum atomic E-state index is 4.16. The maximum absolute atomic E-state index is 4.16. The first-order chi connectivity index (χ1) is 7.43. The standard InChI is InChI=1S/C10H9N4P/c1-2-10(15-5-1)13-8-3-4-12-14-7-11-6-9(8)14/h1-7,13,15H. The number of rotatable bonds is 2. The number of imidazole rings is 1. The molecule has 0 saturated heterocycles. The van der Waals surface area contributed by atoms with E-state index in [4.69, 9.17) is 0 Å². The summed E-state index contributed by atoms with van der Waals surface area (Å²) >= 11 is 0. The second kappa shape index (κ2) is 3.41. The molecule has 1 atom stereocenters. The van der Waals surface area contributed by atoms with E-state index in [1.54, 1.807) is 23.2 Å². The third-order valence-electron chi connectivity index (χ3n) is 2.20. The van der Waals surface area contributed by atoms with E-state index in [1.807, 2.05) is 6.07 Å². The van der Waals surface area contributed by atoms with Crippen molar-refractivity contribution in [3.8, 4) is 0 Å². The molecular formula is C10H9N4P. The maximum Gasteiger partial charge on any atom is 0.117 e. The third-order valence-corrected chi connectivity index (χ3v) is 3.16. The number of aromatic nitrogens is 3. The lowest BCUT2D eigenvalue weighted by molar-refractivity contribution is 0.927. The molecular weight excluding hydrogens is 207 g/mol. The molecule has 1 unspecified atom stereocenters. The number of nitrogens with one attached hydrogen (secondary N) is 1. The predicted molar refractivity (Wildman–Crippen MR) is 62.2 cm³/mol. The van der Waals surface area contributed by atoms with Gasteiger partial charge in [0.1, 0.15) is 11.8 Å². The van der Waals surface area contributed by atoms with Gasteiger partial charge in [-0.05, 0) is 17.9 Å². The normalized spacial score (nSPS) is 11.2. The first-order valence-electron chi connectivity index (χ1n) is 4.61. The Morgan fingerprint density at radius 3 is 3.20 bits per heavy atom. The van der Waals surface area contributed by atoms with E-state index in [-0.39, 0.29) is 0 Å². The van der Waals surface area contributed by atoms with Crippen molar-refractivity contribution in [2.45, 2.75) is 0 Å². The quantitative estimate of drug-likeness (QED) is 0.715. The molecule has 74 valence electrons. The minimum atomic E-state index is 0.725. The molecule has 0 aromatic carbocycles. The highest BCUT2D eigenvalue weighted by molar-refractivity contribution is 7.33. The molecule has 0 spiro atoms. The molecule has 0 aliphatic carbocycles. The van der Waals surface area contributed by atoms with E-state index in [2.05, 4.69) is 33.3 Å². The summed E-state index contributed by atoms with van der Waals surface area (Å²) in [6.45, 7) is 0. The number of nitrogens with zero attached hydrogens (tertiary/aromatic N) is 3. The van der Waals surface area contributed by atoms with E-state index in [0.29, 0.717) is 0 Å². The van der Waals surface area contributed by atoms with E-state index in [0.717, 1.165) is 19.4 Å². The number of fused-ring (bicyclic) bond motifs is 1. The molecule has 1 N–H and O–H groups in total. The van der Waals surface area contributed by atoms with Crippen LogP contribution in [-0.4, -0.2) is 14.6 Å². The van der Waals surface area contributed by atoms with Crippen molar-refractivity contribution in [1.82, 2.24) is 14.6 Å². The first-order valence-corrected chi connectivity index (χ1v) is 5.69. The Hall–Kier alpha value is -1.80. The van der Waals surface area contributed by atoms with Gasteiger partial charge in [-0.2, -0.15) is 5.10 Å². The fourth-order valence-electron chi connectivity index (χ4n) is 1.50. The van der Waals surface area contributed by atoms with Crippen LogP contribution in [0.4, 0.5) is 11.1 Å². The molecule has 4 nitrogen and oxygen atoms in total. The monoisotopic (exact) mass is 216 g/mol. The van der Waals surface area contributed by atoms with Crippen LogP contribution in [0, 0.1) is 0 Å². The summed E-state index contributed by atoms with van der Waals surface area (Å²) in [5.74, 6) is 2.15. The second-order valence-corrected chi connectivity index (χ2v) is 4.34. The van der Waals surface area contributed by atoms with Gasteiger partial charge in [0, 0.05) is 0 Å². The lowest BCUT2D eigenvalue weighted by Crippen LogP contribution is -1.94. The average molecular weight is 216 g/mol. The molecule has 0 amide bonds. The summed E-state index contributed by atoms with van der Waals surface area (Å²) in [4.78, 5) is 4.06. The Morgan fingerprint density at radius 2 is 2.33 bits per heavy atom.